The van der Waals surface area contributed by atoms with E-state index in [-0.39, 0.29) is 5.91 Å². The molecule has 1 N–H and O–H groups in total. The number of hydrogen-bond donors (Lipinski definition) is 1. The van der Waals surface area contributed by atoms with E-state index < -0.39 is 0 Å². The zero-order valence-corrected chi connectivity index (χ0v) is 14.2. The van der Waals surface area contributed by atoms with Gasteiger partial charge in [0.1, 0.15) is 9.84 Å². The lowest BCUT2D eigenvalue weighted by Crippen LogP contribution is -2.09. The fraction of sp³-hybridized carbons (Fsp3) is 0.333. The van der Waals surface area contributed by atoms with Crippen molar-refractivity contribution in [3.05, 3.63) is 16.0 Å². The van der Waals surface area contributed by atoms with Crippen LogP contribution in [-0.4, -0.2) is 35.2 Å². The number of nitrogens with zero attached hydrogens (tertiary/aromatic N) is 4. The van der Waals surface area contributed by atoms with Gasteiger partial charge in [0.15, 0.2) is 5.13 Å². The average Bonchev–Trinajstić information content (AvgIpc) is 3.11. The van der Waals surface area contributed by atoms with Gasteiger partial charge in [-0.05, 0) is 12.5 Å². The van der Waals surface area contributed by atoms with Crippen molar-refractivity contribution < 1.29 is 4.79 Å². The van der Waals surface area contributed by atoms with Gasteiger partial charge in [-0.1, -0.05) is 29.6 Å². The number of rotatable bonds is 4. The third kappa shape index (κ3) is 2.89. The number of aromatic nitrogens is 3. The second-order valence-electron chi connectivity index (χ2n) is 4.48. The fourth-order valence-electron chi connectivity index (χ4n) is 1.63. The van der Waals surface area contributed by atoms with Gasteiger partial charge in [-0.2, -0.15) is 0 Å². The number of hydrogen-bond acceptors (Lipinski definition) is 8. The predicted molar refractivity (Wildman–Crippen MR) is 89.1 cm³/mol. The SMILES string of the molecule is CCc1nnc(NC(=O)c2cc3sc(N(C)C)nc3s2)s1. The first-order valence-electron chi connectivity index (χ1n) is 6.28. The predicted octanol–water partition coefficient (Wildman–Crippen LogP) is 3.09. The Bertz CT molecular complexity index is 756. The van der Waals surface area contributed by atoms with Gasteiger partial charge in [0.2, 0.25) is 5.13 Å². The van der Waals surface area contributed by atoms with Gasteiger partial charge < -0.3 is 4.90 Å². The molecule has 3 heterocycles. The van der Waals surface area contributed by atoms with Crippen LogP contribution < -0.4 is 10.2 Å². The van der Waals surface area contributed by atoms with Crippen LogP contribution in [-0.2, 0) is 6.42 Å². The third-order valence-corrected chi connectivity index (χ3v) is 5.98. The highest BCUT2D eigenvalue weighted by Crippen LogP contribution is 2.34. The summed E-state index contributed by atoms with van der Waals surface area (Å²) >= 11 is 4.37. The van der Waals surface area contributed by atoms with Gasteiger partial charge in [0, 0.05) is 14.1 Å². The lowest BCUT2D eigenvalue weighted by Gasteiger charge is -2.04. The summed E-state index contributed by atoms with van der Waals surface area (Å²) in [7, 11) is 3.91. The maximum atomic E-state index is 12.2. The number of thiazole rings is 1. The molecule has 0 radical (unpaired) electrons. The largest absolute Gasteiger partial charge is 0.354 e. The van der Waals surface area contributed by atoms with Crippen molar-refractivity contribution >= 4 is 59.7 Å². The average molecular weight is 339 g/mol. The number of thiophene rings is 1. The second-order valence-corrected chi connectivity index (χ2v) is 7.58. The smallest absolute Gasteiger partial charge is 0.267 e. The van der Waals surface area contributed by atoms with E-state index in [0.29, 0.717) is 10.0 Å². The van der Waals surface area contributed by atoms with Crippen LogP contribution in [0.1, 0.15) is 21.6 Å². The molecular formula is C12H13N5OS3. The number of amides is 1. The summed E-state index contributed by atoms with van der Waals surface area (Å²) in [4.78, 5) is 20.2. The maximum absolute atomic E-state index is 12.2. The van der Waals surface area contributed by atoms with E-state index in [1.165, 1.54) is 22.7 Å². The van der Waals surface area contributed by atoms with Gasteiger partial charge in [0.05, 0.1) is 9.58 Å². The van der Waals surface area contributed by atoms with Crippen molar-refractivity contribution in [2.75, 3.05) is 24.3 Å². The summed E-state index contributed by atoms with van der Waals surface area (Å²) in [5, 5.41) is 13.1. The Kier molecular flexibility index (Phi) is 3.87. The lowest BCUT2D eigenvalue weighted by atomic mass is 10.4. The molecule has 1 amide bonds. The highest BCUT2D eigenvalue weighted by atomic mass is 32.1. The molecule has 0 unspecified atom stereocenters. The van der Waals surface area contributed by atoms with Crippen molar-refractivity contribution in [3.8, 4) is 0 Å². The summed E-state index contributed by atoms with van der Waals surface area (Å²) in [6.07, 6.45) is 0.819. The first-order chi connectivity index (χ1) is 10.1. The summed E-state index contributed by atoms with van der Waals surface area (Å²) in [5.41, 5.74) is 0. The number of carbonyl (C=O) groups is 1. The Labute approximate surface area is 133 Å². The van der Waals surface area contributed by atoms with Gasteiger partial charge in [-0.25, -0.2) is 4.98 Å². The van der Waals surface area contributed by atoms with E-state index in [0.717, 1.165) is 26.1 Å². The molecule has 9 heteroatoms. The van der Waals surface area contributed by atoms with E-state index in [1.54, 1.807) is 11.3 Å². The molecule has 110 valence electrons. The maximum Gasteiger partial charge on any atom is 0.267 e. The molecule has 3 aromatic rings. The Morgan fingerprint density at radius 1 is 1.29 bits per heavy atom. The van der Waals surface area contributed by atoms with Gasteiger partial charge >= 0.3 is 0 Å². The molecule has 0 aliphatic rings. The van der Waals surface area contributed by atoms with Gasteiger partial charge in [0.25, 0.3) is 5.91 Å². The Balaban J connectivity index is 1.79. The van der Waals surface area contributed by atoms with Crippen LogP contribution >= 0.6 is 34.0 Å². The van der Waals surface area contributed by atoms with E-state index >= 15 is 0 Å². The molecule has 0 saturated heterocycles. The highest BCUT2D eigenvalue weighted by Gasteiger charge is 2.16. The number of carbonyl (C=O) groups excluding carboxylic acids is 1. The van der Waals surface area contributed by atoms with Crippen LogP contribution in [0, 0.1) is 0 Å². The molecule has 0 atom stereocenters. The number of aryl methyl sites for hydroxylation is 1. The van der Waals surface area contributed by atoms with Gasteiger partial charge in [-0.15, -0.1) is 21.5 Å². The van der Waals surface area contributed by atoms with E-state index in [9.17, 15) is 4.79 Å². The van der Waals surface area contributed by atoms with Crippen molar-refractivity contribution in [3.63, 3.8) is 0 Å². The highest BCUT2D eigenvalue weighted by molar-refractivity contribution is 7.29. The molecule has 0 spiro atoms. The summed E-state index contributed by atoms with van der Waals surface area (Å²) in [6, 6.07) is 1.88. The molecule has 0 saturated carbocycles. The van der Waals surface area contributed by atoms with Gasteiger partial charge in [-0.3, -0.25) is 10.1 Å². The monoisotopic (exact) mass is 339 g/mol. The van der Waals surface area contributed by atoms with E-state index in [1.807, 2.05) is 32.0 Å². The first-order valence-corrected chi connectivity index (χ1v) is 8.73. The van der Waals surface area contributed by atoms with Crippen molar-refractivity contribution in [1.29, 1.82) is 0 Å². The Morgan fingerprint density at radius 3 is 2.71 bits per heavy atom. The fourth-order valence-corrected chi connectivity index (χ4v) is 4.34. The van der Waals surface area contributed by atoms with Crippen LogP contribution in [0.25, 0.3) is 9.53 Å². The van der Waals surface area contributed by atoms with E-state index in [4.69, 9.17) is 0 Å². The van der Waals surface area contributed by atoms with Crippen LogP contribution in [0.2, 0.25) is 0 Å². The molecule has 3 aromatic heterocycles. The molecular weight excluding hydrogens is 326 g/mol. The molecule has 0 aliphatic heterocycles. The normalized spacial score (nSPS) is 11.0. The second kappa shape index (κ2) is 5.66. The van der Waals surface area contributed by atoms with Crippen LogP contribution in [0.3, 0.4) is 0 Å². The zero-order chi connectivity index (χ0) is 15.0. The molecule has 3 rings (SSSR count). The van der Waals surface area contributed by atoms with Crippen molar-refractivity contribution in [2.45, 2.75) is 13.3 Å². The van der Waals surface area contributed by atoms with Crippen LogP contribution in [0.15, 0.2) is 6.07 Å². The minimum atomic E-state index is -0.157. The van der Waals surface area contributed by atoms with Crippen molar-refractivity contribution in [2.24, 2.45) is 0 Å². The molecule has 21 heavy (non-hydrogen) atoms. The number of fused-ring (bicyclic) bond motifs is 1. The topological polar surface area (TPSA) is 71.0 Å². The third-order valence-electron chi connectivity index (χ3n) is 2.67. The Morgan fingerprint density at radius 2 is 2.10 bits per heavy atom. The summed E-state index contributed by atoms with van der Waals surface area (Å²) in [5.74, 6) is -0.157. The zero-order valence-electron chi connectivity index (χ0n) is 11.7. The van der Waals surface area contributed by atoms with Crippen molar-refractivity contribution in [1.82, 2.24) is 15.2 Å². The molecule has 0 fully saturated rings. The number of nitrogens with one attached hydrogen (secondary N) is 1. The molecule has 0 bridgehead atoms. The Hall–Kier alpha value is -1.58. The van der Waals surface area contributed by atoms with Crippen LogP contribution in [0.4, 0.5) is 10.3 Å². The lowest BCUT2D eigenvalue weighted by molar-refractivity contribution is 0.103. The molecule has 6 nitrogen and oxygen atoms in total. The quantitative estimate of drug-likeness (QED) is 0.791. The first kappa shape index (κ1) is 14.4. The molecule has 0 aromatic carbocycles. The summed E-state index contributed by atoms with van der Waals surface area (Å²) in [6.45, 7) is 2.01. The minimum absolute atomic E-state index is 0.157. The van der Waals surface area contributed by atoms with E-state index in [2.05, 4.69) is 20.5 Å². The molecule has 0 aliphatic carbocycles. The number of anilines is 2. The summed E-state index contributed by atoms with van der Waals surface area (Å²) < 4.78 is 1.03. The van der Waals surface area contributed by atoms with Crippen LogP contribution in [0.5, 0.6) is 0 Å². The standard InChI is InChI=1S/C12H13N5OS3/c1-4-8-15-16-11(21-8)13-9(18)6-5-7-10(19-6)14-12(20-7)17(2)3/h5H,4H2,1-3H3,(H,13,16,18). The minimum Gasteiger partial charge on any atom is -0.354 e.